The molecule has 0 heterocycles. The van der Waals surface area contributed by atoms with Gasteiger partial charge in [-0.3, -0.25) is 20.4 Å². The molecular weight excluding hydrogens is 403 g/mol. The number of aliphatic hydroxyl groups excluding tert-OH is 1. The Labute approximate surface area is 172 Å². The lowest BCUT2D eigenvalue weighted by molar-refractivity contribution is -0.124. The minimum Gasteiger partial charge on any atom is -0.391 e. The molecule has 0 spiro atoms. The standard InChI is InChI=1S/C19H18Cl2N4O3/c1-10-14(8-9-15(22-3)16(10)21)23-17(11(2)26)19(28)25-24-18(27)12-4-6-13(20)7-5-12/h4-9,11,17,23,26H,1-2H3,(H,24,27)(H,25,28)/t11-,17-/m1/s1. The van der Waals surface area contributed by atoms with Gasteiger partial charge in [-0.1, -0.05) is 29.3 Å². The maximum absolute atomic E-state index is 12.4. The van der Waals surface area contributed by atoms with Gasteiger partial charge in [-0.05, 0) is 49.7 Å². The molecule has 0 aromatic heterocycles. The van der Waals surface area contributed by atoms with Crippen LogP contribution in [0.5, 0.6) is 0 Å². The molecule has 0 aliphatic rings. The molecule has 2 aromatic carbocycles. The zero-order chi connectivity index (χ0) is 20.8. The van der Waals surface area contributed by atoms with E-state index in [-0.39, 0.29) is 10.7 Å². The normalized spacial score (nSPS) is 12.4. The second-order valence-corrected chi connectivity index (χ2v) is 6.81. The van der Waals surface area contributed by atoms with Crippen LogP contribution < -0.4 is 16.2 Å². The van der Waals surface area contributed by atoms with Crippen LogP contribution >= 0.6 is 23.2 Å². The molecule has 2 rings (SSSR count). The number of anilines is 1. The number of nitrogens with one attached hydrogen (secondary N) is 3. The SMILES string of the molecule is [C-]#[N+]c1ccc(N[C@@H](C(=O)NNC(=O)c2ccc(Cl)cc2)[C@@H](C)O)c(C)c1Cl. The first-order valence-electron chi connectivity index (χ1n) is 8.21. The number of rotatable bonds is 5. The van der Waals surface area contributed by atoms with Crippen LogP contribution in [0.1, 0.15) is 22.8 Å². The minimum absolute atomic E-state index is 0.265. The maximum atomic E-state index is 12.4. The number of carbonyl (C=O) groups excluding carboxylic acids is 2. The van der Waals surface area contributed by atoms with E-state index in [0.29, 0.717) is 21.8 Å². The molecule has 7 nitrogen and oxygen atoms in total. The van der Waals surface area contributed by atoms with Crippen molar-refractivity contribution in [3.8, 4) is 0 Å². The molecule has 0 fully saturated rings. The molecule has 0 radical (unpaired) electrons. The number of aliphatic hydroxyl groups is 1. The van der Waals surface area contributed by atoms with E-state index in [4.69, 9.17) is 29.8 Å². The lowest BCUT2D eigenvalue weighted by Crippen LogP contribution is -2.52. The van der Waals surface area contributed by atoms with E-state index in [1.54, 1.807) is 25.1 Å². The average molecular weight is 421 g/mol. The summed E-state index contributed by atoms with van der Waals surface area (Å²) in [7, 11) is 0. The van der Waals surface area contributed by atoms with Crippen LogP contribution in [0.3, 0.4) is 0 Å². The molecule has 0 bridgehead atoms. The monoisotopic (exact) mass is 420 g/mol. The van der Waals surface area contributed by atoms with Gasteiger partial charge in [-0.25, -0.2) is 4.85 Å². The molecule has 2 amide bonds. The summed E-state index contributed by atoms with van der Waals surface area (Å²) < 4.78 is 0. The van der Waals surface area contributed by atoms with Gasteiger partial charge < -0.3 is 10.4 Å². The Morgan fingerprint density at radius 2 is 1.75 bits per heavy atom. The number of amides is 2. The number of carbonyl (C=O) groups is 2. The predicted octanol–water partition coefficient (Wildman–Crippen LogP) is 3.48. The van der Waals surface area contributed by atoms with E-state index < -0.39 is 24.0 Å². The van der Waals surface area contributed by atoms with Crippen molar-refractivity contribution in [2.45, 2.75) is 26.0 Å². The van der Waals surface area contributed by atoms with Crippen molar-refractivity contribution in [2.75, 3.05) is 5.32 Å². The van der Waals surface area contributed by atoms with E-state index in [9.17, 15) is 14.7 Å². The van der Waals surface area contributed by atoms with Gasteiger partial charge in [-0.15, -0.1) is 0 Å². The third-order valence-electron chi connectivity index (χ3n) is 3.97. The van der Waals surface area contributed by atoms with Gasteiger partial charge in [0.2, 0.25) is 5.69 Å². The summed E-state index contributed by atoms with van der Waals surface area (Å²) in [4.78, 5) is 27.8. The van der Waals surface area contributed by atoms with Crippen molar-refractivity contribution in [3.05, 3.63) is 69.0 Å². The number of nitrogens with zero attached hydrogens (tertiary/aromatic N) is 1. The molecule has 0 unspecified atom stereocenters. The summed E-state index contributed by atoms with van der Waals surface area (Å²) in [5.41, 5.74) is 6.22. The predicted molar refractivity (Wildman–Crippen MR) is 109 cm³/mol. The first-order valence-corrected chi connectivity index (χ1v) is 8.97. The van der Waals surface area contributed by atoms with Gasteiger partial charge in [0.15, 0.2) is 0 Å². The van der Waals surface area contributed by atoms with Crippen LogP contribution in [-0.2, 0) is 4.79 Å². The maximum Gasteiger partial charge on any atom is 0.269 e. The fraction of sp³-hybridized carbons (Fsp3) is 0.211. The molecule has 28 heavy (non-hydrogen) atoms. The topological polar surface area (TPSA) is 94.8 Å². The molecular formula is C19H18Cl2N4O3. The lowest BCUT2D eigenvalue weighted by atomic mass is 10.1. The highest BCUT2D eigenvalue weighted by Gasteiger charge is 2.25. The summed E-state index contributed by atoms with van der Waals surface area (Å²) in [5.74, 6) is -1.18. The molecule has 2 atom stereocenters. The summed E-state index contributed by atoms with van der Waals surface area (Å²) in [6, 6.07) is 8.18. The molecule has 0 aliphatic heterocycles. The van der Waals surface area contributed by atoms with Crippen molar-refractivity contribution in [1.82, 2.24) is 10.9 Å². The Hall–Kier alpha value is -2.79. The van der Waals surface area contributed by atoms with E-state index in [0.717, 1.165) is 0 Å². The molecule has 2 aromatic rings. The van der Waals surface area contributed by atoms with Crippen molar-refractivity contribution < 1.29 is 14.7 Å². The molecule has 0 saturated carbocycles. The van der Waals surface area contributed by atoms with Crippen LogP contribution in [0.2, 0.25) is 10.0 Å². The molecule has 0 aliphatic carbocycles. The quantitative estimate of drug-likeness (QED) is 0.439. The van der Waals surface area contributed by atoms with E-state index in [1.165, 1.54) is 25.1 Å². The Morgan fingerprint density at radius 3 is 2.32 bits per heavy atom. The molecule has 0 saturated heterocycles. The zero-order valence-electron chi connectivity index (χ0n) is 15.1. The number of halogens is 2. The molecule has 4 N–H and O–H groups in total. The first-order chi connectivity index (χ1) is 13.2. The average Bonchev–Trinajstić information content (AvgIpc) is 2.67. The van der Waals surface area contributed by atoms with Crippen molar-refractivity contribution >= 4 is 46.4 Å². The van der Waals surface area contributed by atoms with E-state index >= 15 is 0 Å². The van der Waals surface area contributed by atoms with Crippen molar-refractivity contribution in [1.29, 1.82) is 0 Å². The number of benzene rings is 2. The molecule has 9 heteroatoms. The Kier molecular flexibility index (Phi) is 7.24. The fourth-order valence-electron chi connectivity index (χ4n) is 2.36. The van der Waals surface area contributed by atoms with Gasteiger partial charge in [0.25, 0.3) is 11.8 Å². The minimum atomic E-state index is -1.08. The Bertz CT molecular complexity index is 924. The van der Waals surface area contributed by atoms with Gasteiger partial charge in [-0.2, -0.15) is 0 Å². The van der Waals surface area contributed by atoms with E-state index in [2.05, 4.69) is 21.0 Å². The lowest BCUT2D eigenvalue weighted by Gasteiger charge is -2.23. The van der Waals surface area contributed by atoms with Gasteiger partial charge in [0, 0.05) is 16.3 Å². The van der Waals surface area contributed by atoms with Gasteiger partial charge >= 0.3 is 0 Å². The fourth-order valence-corrected chi connectivity index (χ4v) is 2.69. The van der Waals surface area contributed by atoms with E-state index in [1.807, 2.05) is 0 Å². The largest absolute Gasteiger partial charge is 0.391 e. The molecule has 146 valence electrons. The van der Waals surface area contributed by atoms with Crippen LogP contribution in [-0.4, -0.2) is 29.1 Å². The highest BCUT2D eigenvalue weighted by molar-refractivity contribution is 6.34. The second-order valence-electron chi connectivity index (χ2n) is 6.00. The summed E-state index contributed by atoms with van der Waals surface area (Å²) in [6.07, 6.45) is -1.08. The van der Waals surface area contributed by atoms with Crippen LogP contribution in [0.25, 0.3) is 4.85 Å². The van der Waals surface area contributed by atoms with Crippen LogP contribution in [0, 0.1) is 13.5 Å². The summed E-state index contributed by atoms with van der Waals surface area (Å²) in [5, 5.41) is 13.6. The van der Waals surface area contributed by atoms with Crippen molar-refractivity contribution in [2.24, 2.45) is 0 Å². The summed E-state index contributed by atoms with van der Waals surface area (Å²) >= 11 is 11.9. The number of hydrogen-bond donors (Lipinski definition) is 4. The number of hydrazine groups is 1. The Balaban J connectivity index is 2.08. The first kappa shape index (κ1) is 21.5. The van der Waals surface area contributed by atoms with Gasteiger partial charge in [0.1, 0.15) is 6.04 Å². The summed E-state index contributed by atoms with van der Waals surface area (Å²) in [6.45, 7) is 10.2. The van der Waals surface area contributed by atoms with Crippen LogP contribution in [0.4, 0.5) is 11.4 Å². The Morgan fingerprint density at radius 1 is 1.11 bits per heavy atom. The third-order valence-corrected chi connectivity index (χ3v) is 4.70. The van der Waals surface area contributed by atoms with Crippen LogP contribution in [0.15, 0.2) is 36.4 Å². The second kappa shape index (κ2) is 9.42. The zero-order valence-corrected chi connectivity index (χ0v) is 16.6. The van der Waals surface area contributed by atoms with Gasteiger partial charge in [0.05, 0.1) is 17.7 Å². The highest BCUT2D eigenvalue weighted by atomic mass is 35.5. The number of hydrogen-bond acceptors (Lipinski definition) is 4. The van der Waals surface area contributed by atoms with Crippen molar-refractivity contribution in [3.63, 3.8) is 0 Å². The third kappa shape index (κ3) is 5.14. The smallest absolute Gasteiger partial charge is 0.269 e. The highest BCUT2D eigenvalue weighted by Crippen LogP contribution is 2.33.